The lowest BCUT2D eigenvalue weighted by Gasteiger charge is -2.30. The first-order chi connectivity index (χ1) is 9.51. The predicted molar refractivity (Wildman–Crippen MR) is 79.2 cm³/mol. The van der Waals surface area contributed by atoms with Crippen LogP contribution in [-0.2, 0) is 9.53 Å². The van der Waals surface area contributed by atoms with E-state index in [2.05, 4.69) is 15.9 Å². The molecular formula is C14H17BrN2O3. The molecule has 5 nitrogen and oxygen atoms in total. The molecule has 1 fully saturated rings. The molecule has 0 atom stereocenters. The number of nitrogens with two attached hydrogens (primary N) is 1. The summed E-state index contributed by atoms with van der Waals surface area (Å²) in [4.78, 5) is 25.6. The SMILES string of the molecule is COC(=O)C1CCN(C(=O)c2cc(N)cc(Br)c2)CC1. The third kappa shape index (κ3) is 3.30. The van der Waals surface area contributed by atoms with Gasteiger partial charge in [-0.1, -0.05) is 15.9 Å². The Kier molecular flexibility index (Phi) is 4.65. The zero-order valence-electron chi connectivity index (χ0n) is 11.3. The number of rotatable bonds is 2. The molecule has 1 heterocycles. The van der Waals surface area contributed by atoms with Crippen LogP contribution in [0.4, 0.5) is 5.69 Å². The molecule has 2 rings (SSSR count). The van der Waals surface area contributed by atoms with Crippen LogP contribution in [0.3, 0.4) is 0 Å². The van der Waals surface area contributed by atoms with Gasteiger partial charge in [0.15, 0.2) is 0 Å². The topological polar surface area (TPSA) is 72.6 Å². The Morgan fingerprint density at radius 1 is 1.30 bits per heavy atom. The van der Waals surface area contributed by atoms with Crippen molar-refractivity contribution >= 4 is 33.5 Å². The lowest BCUT2D eigenvalue weighted by atomic mass is 9.96. The molecule has 1 aromatic carbocycles. The Hall–Kier alpha value is -1.56. The van der Waals surface area contributed by atoms with Crippen molar-refractivity contribution in [3.63, 3.8) is 0 Å². The van der Waals surface area contributed by atoms with E-state index in [1.807, 2.05) is 0 Å². The van der Waals surface area contributed by atoms with Crippen molar-refractivity contribution < 1.29 is 14.3 Å². The van der Waals surface area contributed by atoms with E-state index in [9.17, 15) is 9.59 Å². The summed E-state index contributed by atoms with van der Waals surface area (Å²) in [6.07, 6.45) is 1.28. The van der Waals surface area contributed by atoms with Gasteiger partial charge in [0.2, 0.25) is 0 Å². The average molecular weight is 341 g/mol. The van der Waals surface area contributed by atoms with E-state index in [0.717, 1.165) is 4.47 Å². The molecule has 1 amide bonds. The van der Waals surface area contributed by atoms with Gasteiger partial charge in [-0.3, -0.25) is 9.59 Å². The van der Waals surface area contributed by atoms with Crippen molar-refractivity contribution in [2.45, 2.75) is 12.8 Å². The number of hydrogen-bond acceptors (Lipinski definition) is 4. The molecule has 20 heavy (non-hydrogen) atoms. The second-order valence-corrected chi connectivity index (χ2v) is 5.78. The Balaban J connectivity index is 2.03. The summed E-state index contributed by atoms with van der Waals surface area (Å²) in [5.74, 6) is -0.346. The van der Waals surface area contributed by atoms with E-state index in [4.69, 9.17) is 10.5 Å². The van der Waals surface area contributed by atoms with Gasteiger partial charge in [-0.2, -0.15) is 0 Å². The van der Waals surface area contributed by atoms with Crippen LogP contribution < -0.4 is 5.73 Å². The van der Waals surface area contributed by atoms with Crippen molar-refractivity contribution in [2.75, 3.05) is 25.9 Å². The van der Waals surface area contributed by atoms with Gasteiger partial charge in [-0.25, -0.2) is 0 Å². The fourth-order valence-corrected chi connectivity index (χ4v) is 2.91. The van der Waals surface area contributed by atoms with Gasteiger partial charge < -0.3 is 15.4 Å². The minimum absolute atomic E-state index is 0.0543. The van der Waals surface area contributed by atoms with Gasteiger partial charge >= 0.3 is 5.97 Å². The van der Waals surface area contributed by atoms with Gasteiger partial charge in [0, 0.05) is 28.8 Å². The van der Waals surface area contributed by atoms with Crippen LogP contribution in [-0.4, -0.2) is 37.0 Å². The van der Waals surface area contributed by atoms with Gasteiger partial charge in [0.05, 0.1) is 13.0 Å². The molecule has 0 spiro atoms. The minimum Gasteiger partial charge on any atom is -0.469 e. The molecule has 0 saturated carbocycles. The Morgan fingerprint density at radius 3 is 2.50 bits per heavy atom. The Labute approximate surface area is 126 Å². The number of anilines is 1. The molecule has 0 radical (unpaired) electrons. The summed E-state index contributed by atoms with van der Waals surface area (Å²) in [5, 5.41) is 0. The van der Waals surface area contributed by atoms with Crippen LogP contribution in [0.1, 0.15) is 23.2 Å². The maximum absolute atomic E-state index is 12.4. The van der Waals surface area contributed by atoms with Crippen LogP contribution in [0, 0.1) is 5.92 Å². The fourth-order valence-electron chi connectivity index (χ4n) is 2.40. The van der Waals surface area contributed by atoms with E-state index >= 15 is 0 Å². The van der Waals surface area contributed by atoms with Crippen LogP contribution in [0.15, 0.2) is 22.7 Å². The first kappa shape index (κ1) is 14.8. The van der Waals surface area contributed by atoms with E-state index in [1.54, 1.807) is 23.1 Å². The van der Waals surface area contributed by atoms with Crippen molar-refractivity contribution in [3.05, 3.63) is 28.2 Å². The number of piperidine rings is 1. The first-order valence-corrected chi connectivity index (χ1v) is 7.23. The van der Waals surface area contributed by atoms with Crippen molar-refractivity contribution in [1.82, 2.24) is 4.90 Å². The summed E-state index contributed by atoms with van der Waals surface area (Å²) in [7, 11) is 1.39. The van der Waals surface area contributed by atoms with Crippen molar-refractivity contribution in [2.24, 2.45) is 5.92 Å². The van der Waals surface area contributed by atoms with Gasteiger partial charge in [-0.05, 0) is 31.0 Å². The highest BCUT2D eigenvalue weighted by molar-refractivity contribution is 9.10. The standard InChI is InChI=1S/C14H17BrN2O3/c1-20-14(19)9-2-4-17(5-3-9)13(18)10-6-11(15)8-12(16)7-10/h6-9H,2-5,16H2,1H3. The molecule has 1 aliphatic rings. The largest absolute Gasteiger partial charge is 0.469 e. The summed E-state index contributed by atoms with van der Waals surface area (Å²) < 4.78 is 5.52. The maximum Gasteiger partial charge on any atom is 0.308 e. The smallest absolute Gasteiger partial charge is 0.308 e. The molecule has 0 aromatic heterocycles. The Morgan fingerprint density at radius 2 is 1.95 bits per heavy atom. The minimum atomic E-state index is -0.191. The van der Waals surface area contributed by atoms with Crippen LogP contribution in [0.2, 0.25) is 0 Å². The number of halogens is 1. The lowest BCUT2D eigenvalue weighted by Crippen LogP contribution is -2.40. The average Bonchev–Trinajstić information content (AvgIpc) is 2.45. The molecule has 1 aliphatic heterocycles. The maximum atomic E-state index is 12.4. The molecule has 0 unspecified atom stereocenters. The van der Waals surface area contributed by atoms with Gasteiger partial charge in [-0.15, -0.1) is 0 Å². The highest BCUT2D eigenvalue weighted by Gasteiger charge is 2.28. The first-order valence-electron chi connectivity index (χ1n) is 6.44. The van der Waals surface area contributed by atoms with Crippen molar-refractivity contribution in [3.8, 4) is 0 Å². The number of ether oxygens (including phenoxy) is 1. The number of carbonyl (C=O) groups excluding carboxylic acids is 2. The van der Waals surface area contributed by atoms with Crippen LogP contribution in [0.5, 0.6) is 0 Å². The summed E-state index contributed by atoms with van der Waals surface area (Å²) in [5.41, 5.74) is 6.86. The highest BCUT2D eigenvalue weighted by atomic mass is 79.9. The molecule has 2 N–H and O–H groups in total. The number of benzene rings is 1. The van der Waals surface area contributed by atoms with Gasteiger partial charge in [0.1, 0.15) is 0 Å². The number of carbonyl (C=O) groups is 2. The van der Waals surface area contributed by atoms with Crippen molar-refractivity contribution in [1.29, 1.82) is 0 Å². The number of nitrogen functional groups attached to an aromatic ring is 1. The number of nitrogens with zero attached hydrogens (tertiary/aromatic N) is 1. The second-order valence-electron chi connectivity index (χ2n) is 4.86. The summed E-state index contributed by atoms with van der Waals surface area (Å²) >= 11 is 3.33. The molecule has 1 saturated heterocycles. The molecule has 6 heteroatoms. The predicted octanol–water partition coefficient (Wildman–Crippen LogP) is 2.06. The van der Waals surface area contributed by atoms with Gasteiger partial charge in [0.25, 0.3) is 5.91 Å². The molecular weight excluding hydrogens is 324 g/mol. The normalized spacial score (nSPS) is 16.0. The van der Waals surface area contributed by atoms with E-state index in [1.165, 1.54) is 7.11 Å². The van der Waals surface area contributed by atoms with Crippen LogP contribution >= 0.6 is 15.9 Å². The fraction of sp³-hybridized carbons (Fsp3) is 0.429. The lowest BCUT2D eigenvalue weighted by molar-refractivity contribution is -0.146. The molecule has 1 aromatic rings. The summed E-state index contributed by atoms with van der Waals surface area (Å²) in [6.45, 7) is 1.12. The Bertz CT molecular complexity index is 505. The third-order valence-electron chi connectivity index (χ3n) is 3.48. The molecule has 0 bridgehead atoms. The molecule has 108 valence electrons. The highest BCUT2D eigenvalue weighted by Crippen LogP contribution is 2.22. The summed E-state index contributed by atoms with van der Waals surface area (Å²) in [6, 6.07) is 5.17. The number of amides is 1. The van der Waals surface area contributed by atoms with Crippen LogP contribution in [0.25, 0.3) is 0 Å². The quantitative estimate of drug-likeness (QED) is 0.660. The second kappa shape index (κ2) is 6.26. The number of hydrogen-bond donors (Lipinski definition) is 1. The number of likely N-dealkylation sites (tertiary alicyclic amines) is 1. The molecule has 0 aliphatic carbocycles. The van der Waals surface area contributed by atoms with E-state index in [0.29, 0.717) is 37.2 Å². The number of esters is 1. The zero-order chi connectivity index (χ0) is 14.7. The van der Waals surface area contributed by atoms with E-state index in [-0.39, 0.29) is 17.8 Å². The number of methoxy groups -OCH3 is 1. The third-order valence-corrected chi connectivity index (χ3v) is 3.94. The van der Waals surface area contributed by atoms with E-state index < -0.39 is 0 Å². The zero-order valence-corrected chi connectivity index (χ0v) is 12.9. The monoisotopic (exact) mass is 340 g/mol.